The molecule has 1 aromatic rings. The molecule has 3 N–H and O–H groups in total. The van der Waals surface area contributed by atoms with Crippen molar-refractivity contribution in [3.05, 3.63) is 23.5 Å². The molecule has 0 fully saturated rings. The number of nitrogens with one attached hydrogen (secondary N) is 1. The molecule has 0 aliphatic heterocycles. The van der Waals surface area contributed by atoms with E-state index in [4.69, 9.17) is 10.5 Å². The standard InChI is InChI=1S/C14H23N3O2/c1-10-5-6-12(11(16-10)7-8-15)19-9-13(18)17-14(2,3)4/h5-6H,7-9,15H2,1-4H3,(H,17,18). The summed E-state index contributed by atoms with van der Waals surface area (Å²) < 4.78 is 5.52. The van der Waals surface area contributed by atoms with Crippen molar-refractivity contribution in [2.24, 2.45) is 5.73 Å². The zero-order chi connectivity index (χ0) is 14.5. The number of hydrogen-bond donors (Lipinski definition) is 2. The highest BCUT2D eigenvalue weighted by Gasteiger charge is 2.14. The maximum atomic E-state index is 11.7. The number of nitrogens with two attached hydrogens (primary N) is 1. The molecular weight excluding hydrogens is 242 g/mol. The van der Waals surface area contributed by atoms with Gasteiger partial charge in [0.1, 0.15) is 5.75 Å². The Labute approximate surface area is 114 Å². The van der Waals surface area contributed by atoms with E-state index < -0.39 is 0 Å². The molecule has 106 valence electrons. The third-order valence-electron chi connectivity index (χ3n) is 2.33. The van der Waals surface area contributed by atoms with Gasteiger partial charge in [-0.3, -0.25) is 9.78 Å². The summed E-state index contributed by atoms with van der Waals surface area (Å²) in [6, 6.07) is 3.69. The van der Waals surface area contributed by atoms with E-state index in [-0.39, 0.29) is 18.1 Å². The molecule has 1 amide bonds. The number of rotatable bonds is 5. The summed E-state index contributed by atoms with van der Waals surface area (Å²) in [6.07, 6.45) is 0.637. The van der Waals surface area contributed by atoms with E-state index >= 15 is 0 Å². The highest BCUT2D eigenvalue weighted by molar-refractivity contribution is 5.78. The van der Waals surface area contributed by atoms with Gasteiger partial charge in [0.15, 0.2) is 6.61 Å². The summed E-state index contributed by atoms with van der Waals surface area (Å²) >= 11 is 0. The monoisotopic (exact) mass is 265 g/mol. The fraction of sp³-hybridized carbons (Fsp3) is 0.571. The van der Waals surface area contributed by atoms with Crippen molar-refractivity contribution in [3.8, 4) is 5.75 Å². The van der Waals surface area contributed by atoms with E-state index in [0.29, 0.717) is 18.7 Å². The second kappa shape index (κ2) is 6.52. The predicted molar refractivity (Wildman–Crippen MR) is 75.1 cm³/mol. The number of pyridine rings is 1. The van der Waals surface area contributed by atoms with Gasteiger partial charge in [0, 0.05) is 17.7 Å². The third kappa shape index (κ3) is 5.70. The number of carbonyl (C=O) groups excluding carboxylic acids is 1. The fourth-order valence-electron chi connectivity index (χ4n) is 1.64. The number of aryl methyl sites for hydroxylation is 1. The Kier molecular flexibility index (Phi) is 5.30. The maximum absolute atomic E-state index is 11.7. The number of amides is 1. The molecule has 0 saturated carbocycles. The van der Waals surface area contributed by atoms with Gasteiger partial charge in [-0.1, -0.05) is 0 Å². The number of hydrogen-bond acceptors (Lipinski definition) is 4. The Morgan fingerprint density at radius 1 is 1.42 bits per heavy atom. The quantitative estimate of drug-likeness (QED) is 0.838. The highest BCUT2D eigenvalue weighted by Crippen LogP contribution is 2.17. The van der Waals surface area contributed by atoms with Crippen LogP contribution in [0.2, 0.25) is 0 Å². The van der Waals surface area contributed by atoms with E-state index in [1.165, 1.54) is 0 Å². The SMILES string of the molecule is Cc1ccc(OCC(=O)NC(C)(C)C)c(CCN)n1. The van der Waals surface area contributed by atoms with Crippen LogP contribution < -0.4 is 15.8 Å². The number of aromatic nitrogens is 1. The normalized spacial score (nSPS) is 11.2. The Hall–Kier alpha value is -1.62. The second-order valence-electron chi connectivity index (χ2n) is 5.52. The molecule has 0 bridgehead atoms. The van der Waals surface area contributed by atoms with E-state index in [9.17, 15) is 4.79 Å². The summed E-state index contributed by atoms with van der Waals surface area (Å²) in [6.45, 7) is 8.19. The lowest BCUT2D eigenvalue weighted by atomic mass is 10.1. The second-order valence-corrected chi connectivity index (χ2v) is 5.52. The molecule has 5 heteroatoms. The van der Waals surface area contributed by atoms with Crippen molar-refractivity contribution in [2.75, 3.05) is 13.2 Å². The molecule has 0 aromatic carbocycles. The molecule has 0 unspecified atom stereocenters. The minimum absolute atomic E-state index is 0.0143. The molecule has 0 atom stereocenters. The van der Waals surface area contributed by atoms with Crippen molar-refractivity contribution < 1.29 is 9.53 Å². The van der Waals surface area contributed by atoms with Crippen molar-refractivity contribution in [1.29, 1.82) is 0 Å². The zero-order valence-electron chi connectivity index (χ0n) is 12.1. The Morgan fingerprint density at radius 3 is 2.68 bits per heavy atom. The average molecular weight is 265 g/mol. The number of nitrogens with zero attached hydrogens (tertiary/aromatic N) is 1. The van der Waals surface area contributed by atoms with E-state index in [1.54, 1.807) is 0 Å². The van der Waals surface area contributed by atoms with Crippen molar-refractivity contribution in [2.45, 2.75) is 39.7 Å². The van der Waals surface area contributed by atoms with Crippen LogP contribution in [0, 0.1) is 6.92 Å². The Balaban J connectivity index is 2.64. The van der Waals surface area contributed by atoms with E-state index in [1.807, 2.05) is 39.8 Å². The van der Waals surface area contributed by atoms with Gasteiger partial charge in [0.05, 0.1) is 5.69 Å². The lowest BCUT2D eigenvalue weighted by molar-refractivity contribution is -0.124. The molecule has 0 saturated heterocycles. The number of ether oxygens (including phenoxy) is 1. The summed E-state index contributed by atoms with van der Waals surface area (Å²) in [5.41, 5.74) is 7.00. The lowest BCUT2D eigenvalue weighted by Crippen LogP contribution is -2.43. The van der Waals surface area contributed by atoms with Gasteiger partial charge >= 0.3 is 0 Å². The topological polar surface area (TPSA) is 77.2 Å². The van der Waals surface area contributed by atoms with Crippen molar-refractivity contribution >= 4 is 5.91 Å². The minimum Gasteiger partial charge on any atom is -0.482 e. The maximum Gasteiger partial charge on any atom is 0.258 e. The molecule has 0 radical (unpaired) electrons. The van der Waals surface area contributed by atoms with Gasteiger partial charge in [0.25, 0.3) is 5.91 Å². The highest BCUT2D eigenvalue weighted by atomic mass is 16.5. The molecule has 0 aliphatic carbocycles. The van der Waals surface area contributed by atoms with Crippen LogP contribution in [0.15, 0.2) is 12.1 Å². The molecule has 1 rings (SSSR count). The van der Waals surface area contributed by atoms with Crippen LogP contribution >= 0.6 is 0 Å². The molecule has 1 heterocycles. The van der Waals surface area contributed by atoms with Gasteiger partial charge in [-0.05, 0) is 46.4 Å². The molecule has 5 nitrogen and oxygen atoms in total. The van der Waals surface area contributed by atoms with Gasteiger partial charge in [-0.25, -0.2) is 0 Å². The Morgan fingerprint density at radius 2 is 2.11 bits per heavy atom. The smallest absolute Gasteiger partial charge is 0.258 e. The number of carbonyl (C=O) groups is 1. The first kappa shape index (κ1) is 15.4. The first-order valence-corrected chi connectivity index (χ1v) is 6.42. The van der Waals surface area contributed by atoms with Crippen LogP contribution in [0.3, 0.4) is 0 Å². The molecule has 0 spiro atoms. The van der Waals surface area contributed by atoms with Gasteiger partial charge < -0.3 is 15.8 Å². The van der Waals surface area contributed by atoms with Crippen LogP contribution in [0.1, 0.15) is 32.2 Å². The lowest BCUT2D eigenvalue weighted by Gasteiger charge is -2.20. The van der Waals surface area contributed by atoms with Gasteiger partial charge in [-0.15, -0.1) is 0 Å². The van der Waals surface area contributed by atoms with Crippen molar-refractivity contribution in [3.63, 3.8) is 0 Å². The summed E-state index contributed by atoms with van der Waals surface area (Å²) in [4.78, 5) is 16.1. The molecule has 0 aliphatic rings. The molecule has 19 heavy (non-hydrogen) atoms. The largest absolute Gasteiger partial charge is 0.482 e. The van der Waals surface area contributed by atoms with Crippen LogP contribution in [-0.2, 0) is 11.2 Å². The zero-order valence-corrected chi connectivity index (χ0v) is 12.1. The van der Waals surface area contributed by atoms with E-state index in [2.05, 4.69) is 10.3 Å². The minimum atomic E-state index is -0.258. The summed E-state index contributed by atoms with van der Waals surface area (Å²) in [5.74, 6) is 0.479. The van der Waals surface area contributed by atoms with Crippen LogP contribution in [0.25, 0.3) is 0 Å². The first-order valence-electron chi connectivity index (χ1n) is 6.42. The van der Waals surface area contributed by atoms with Crippen LogP contribution in [0.5, 0.6) is 5.75 Å². The Bertz CT molecular complexity index is 439. The summed E-state index contributed by atoms with van der Waals surface area (Å²) in [7, 11) is 0. The first-order chi connectivity index (χ1) is 8.81. The average Bonchev–Trinajstić information content (AvgIpc) is 2.26. The van der Waals surface area contributed by atoms with Gasteiger partial charge in [0.2, 0.25) is 0 Å². The fourth-order valence-corrected chi connectivity index (χ4v) is 1.64. The molecular formula is C14H23N3O2. The molecule has 1 aromatic heterocycles. The van der Waals surface area contributed by atoms with Gasteiger partial charge in [-0.2, -0.15) is 0 Å². The van der Waals surface area contributed by atoms with Crippen LogP contribution in [-0.4, -0.2) is 29.6 Å². The third-order valence-corrected chi connectivity index (χ3v) is 2.33. The van der Waals surface area contributed by atoms with Crippen LogP contribution in [0.4, 0.5) is 0 Å². The van der Waals surface area contributed by atoms with Crippen molar-refractivity contribution in [1.82, 2.24) is 10.3 Å². The van der Waals surface area contributed by atoms with E-state index in [0.717, 1.165) is 11.4 Å². The predicted octanol–water partition coefficient (Wildman–Crippen LogP) is 1.18. The summed E-state index contributed by atoms with van der Waals surface area (Å²) in [5, 5.41) is 2.84.